The van der Waals surface area contributed by atoms with Gasteiger partial charge < -0.3 is 9.84 Å². The molecule has 0 bridgehead atoms. The highest BCUT2D eigenvalue weighted by molar-refractivity contribution is 6.51. The second kappa shape index (κ2) is 8.67. The maximum absolute atomic E-state index is 13.8. The van der Waals surface area contributed by atoms with E-state index >= 15 is 0 Å². The normalized spacial score (nSPS) is 17.6. The second-order valence-corrected chi connectivity index (χ2v) is 7.47. The van der Waals surface area contributed by atoms with Crippen molar-refractivity contribution in [3.8, 4) is 5.75 Å². The summed E-state index contributed by atoms with van der Waals surface area (Å²) in [6, 6.07) is 19.1. The average Bonchev–Trinajstić information content (AvgIpc) is 3.07. The topological polar surface area (TPSA) is 66.8 Å². The third kappa shape index (κ3) is 3.75. The summed E-state index contributed by atoms with van der Waals surface area (Å²) in [4.78, 5) is 27.7. The van der Waals surface area contributed by atoms with Crippen LogP contribution in [-0.4, -0.2) is 23.4 Å². The molecule has 0 aromatic heterocycles. The Balaban J connectivity index is 1.92. The van der Waals surface area contributed by atoms with Crippen molar-refractivity contribution < 1.29 is 23.8 Å². The number of anilines is 1. The molecule has 1 heterocycles. The Kier molecular flexibility index (Phi) is 5.77. The van der Waals surface area contributed by atoms with Crippen LogP contribution in [0.3, 0.4) is 0 Å². The minimum Gasteiger partial charge on any atom is -0.507 e. The molecule has 6 heteroatoms. The standard InChI is InChI=1S/C26H22FNO4/c1-3-32-20-11-7-10-19(15-20)28-23(17-8-5-4-6-9-17)22(25(30)26(28)31)24(29)18-12-13-21(27)16(2)14-18/h4-15,23,29H,3H2,1-2H3/b24-22+. The molecule has 3 aromatic carbocycles. The van der Waals surface area contributed by atoms with Crippen molar-refractivity contribution in [3.05, 3.63) is 101 Å². The smallest absolute Gasteiger partial charge is 0.300 e. The van der Waals surface area contributed by atoms with E-state index in [1.165, 1.54) is 23.1 Å². The van der Waals surface area contributed by atoms with E-state index in [2.05, 4.69) is 0 Å². The fourth-order valence-electron chi connectivity index (χ4n) is 3.89. The van der Waals surface area contributed by atoms with Crippen molar-refractivity contribution in [2.45, 2.75) is 19.9 Å². The molecule has 1 fully saturated rings. The van der Waals surface area contributed by atoms with Gasteiger partial charge in [0.05, 0.1) is 18.2 Å². The molecule has 4 rings (SSSR count). The Labute approximate surface area is 185 Å². The lowest BCUT2D eigenvalue weighted by molar-refractivity contribution is -0.132. The van der Waals surface area contributed by atoms with E-state index in [1.807, 2.05) is 13.0 Å². The molecule has 0 spiro atoms. The van der Waals surface area contributed by atoms with E-state index in [9.17, 15) is 19.1 Å². The van der Waals surface area contributed by atoms with Crippen LogP contribution in [0.5, 0.6) is 5.75 Å². The summed E-state index contributed by atoms with van der Waals surface area (Å²) in [6.45, 7) is 3.88. The number of hydrogen-bond acceptors (Lipinski definition) is 4. The molecule has 1 aliphatic rings. The summed E-state index contributed by atoms with van der Waals surface area (Å²) in [5, 5.41) is 11.1. The van der Waals surface area contributed by atoms with Crippen molar-refractivity contribution in [2.75, 3.05) is 11.5 Å². The molecule has 1 aliphatic heterocycles. The zero-order chi connectivity index (χ0) is 22.8. The number of halogens is 1. The summed E-state index contributed by atoms with van der Waals surface area (Å²) in [6.07, 6.45) is 0. The summed E-state index contributed by atoms with van der Waals surface area (Å²) in [5.41, 5.74) is 1.68. The van der Waals surface area contributed by atoms with Crippen molar-refractivity contribution in [3.63, 3.8) is 0 Å². The van der Waals surface area contributed by atoms with E-state index < -0.39 is 23.5 Å². The Bertz CT molecular complexity index is 1220. The summed E-state index contributed by atoms with van der Waals surface area (Å²) >= 11 is 0. The number of aryl methyl sites for hydroxylation is 1. The van der Waals surface area contributed by atoms with Crippen LogP contribution in [0.25, 0.3) is 5.76 Å². The van der Waals surface area contributed by atoms with Crippen molar-refractivity contribution in [1.82, 2.24) is 0 Å². The Morgan fingerprint density at radius 3 is 2.47 bits per heavy atom. The number of carbonyl (C=O) groups is 2. The van der Waals surface area contributed by atoms with Gasteiger partial charge in [-0.05, 0) is 55.3 Å². The molecule has 0 aliphatic carbocycles. The van der Waals surface area contributed by atoms with Crippen LogP contribution in [0, 0.1) is 12.7 Å². The first-order chi connectivity index (χ1) is 15.4. The molecule has 1 atom stereocenters. The summed E-state index contributed by atoms with van der Waals surface area (Å²) in [5.74, 6) is -1.76. The number of hydrogen-bond donors (Lipinski definition) is 1. The molecule has 32 heavy (non-hydrogen) atoms. The summed E-state index contributed by atoms with van der Waals surface area (Å²) < 4.78 is 19.3. The highest BCUT2D eigenvalue weighted by Crippen LogP contribution is 2.42. The number of aliphatic hydroxyl groups is 1. The number of carbonyl (C=O) groups excluding carboxylic acids is 2. The maximum Gasteiger partial charge on any atom is 0.300 e. The lowest BCUT2D eigenvalue weighted by Crippen LogP contribution is -2.29. The highest BCUT2D eigenvalue weighted by atomic mass is 19.1. The summed E-state index contributed by atoms with van der Waals surface area (Å²) in [7, 11) is 0. The first kappa shape index (κ1) is 21.3. The molecule has 1 saturated heterocycles. The monoisotopic (exact) mass is 431 g/mol. The molecule has 5 nitrogen and oxygen atoms in total. The first-order valence-corrected chi connectivity index (χ1v) is 10.3. The van der Waals surface area contributed by atoms with Gasteiger partial charge in [-0.15, -0.1) is 0 Å². The minimum atomic E-state index is -0.849. The number of Topliss-reactive ketones (excluding diaryl/α,β-unsaturated/α-hetero) is 1. The molecular weight excluding hydrogens is 409 g/mol. The molecular formula is C26H22FNO4. The van der Waals surface area contributed by atoms with Crippen LogP contribution in [0.1, 0.15) is 29.7 Å². The third-order valence-corrected chi connectivity index (χ3v) is 5.40. The number of nitrogens with zero attached hydrogens (tertiary/aromatic N) is 1. The van der Waals surface area contributed by atoms with Crippen molar-refractivity contribution in [2.24, 2.45) is 0 Å². The SMILES string of the molecule is CCOc1cccc(N2C(=O)C(=O)/C(=C(/O)c3ccc(F)c(C)c3)C2c2ccccc2)c1. The zero-order valence-corrected chi connectivity index (χ0v) is 17.7. The predicted octanol–water partition coefficient (Wildman–Crippen LogP) is 5.16. The van der Waals surface area contributed by atoms with Crippen molar-refractivity contribution >= 4 is 23.1 Å². The Morgan fingerprint density at radius 1 is 1.03 bits per heavy atom. The molecule has 1 unspecified atom stereocenters. The second-order valence-electron chi connectivity index (χ2n) is 7.47. The van der Waals surface area contributed by atoms with Gasteiger partial charge in [0.2, 0.25) is 0 Å². The largest absolute Gasteiger partial charge is 0.507 e. The first-order valence-electron chi connectivity index (χ1n) is 10.3. The van der Waals surface area contributed by atoms with E-state index in [-0.39, 0.29) is 16.9 Å². The predicted molar refractivity (Wildman–Crippen MR) is 120 cm³/mol. The number of benzene rings is 3. The fraction of sp³-hybridized carbons (Fsp3) is 0.154. The molecule has 1 N–H and O–H groups in total. The molecule has 0 radical (unpaired) electrons. The minimum absolute atomic E-state index is 0.0472. The lowest BCUT2D eigenvalue weighted by atomic mass is 9.94. The van der Waals surface area contributed by atoms with Gasteiger partial charge in [0.15, 0.2) is 0 Å². The van der Waals surface area contributed by atoms with E-state index in [1.54, 1.807) is 55.5 Å². The highest BCUT2D eigenvalue weighted by Gasteiger charge is 2.47. The van der Waals surface area contributed by atoms with Gasteiger partial charge >= 0.3 is 0 Å². The molecule has 162 valence electrons. The van der Waals surface area contributed by atoms with Gasteiger partial charge in [-0.2, -0.15) is 0 Å². The number of aliphatic hydroxyl groups excluding tert-OH is 1. The maximum atomic E-state index is 13.8. The zero-order valence-electron chi connectivity index (χ0n) is 17.7. The quantitative estimate of drug-likeness (QED) is 0.344. The number of rotatable bonds is 5. The van der Waals surface area contributed by atoms with E-state index in [0.717, 1.165) is 0 Å². The van der Waals surface area contributed by atoms with Crippen LogP contribution in [0.15, 0.2) is 78.4 Å². The van der Waals surface area contributed by atoms with E-state index in [4.69, 9.17) is 4.74 Å². The molecule has 0 saturated carbocycles. The Morgan fingerprint density at radius 2 is 1.78 bits per heavy atom. The van der Waals surface area contributed by atoms with Gasteiger partial charge in [0.25, 0.3) is 11.7 Å². The van der Waals surface area contributed by atoms with E-state index in [0.29, 0.717) is 29.2 Å². The van der Waals surface area contributed by atoms with Gasteiger partial charge in [-0.3, -0.25) is 14.5 Å². The van der Waals surface area contributed by atoms with Crippen molar-refractivity contribution in [1.29, 1.82) is 0 Å². The number of ether oxygens (including phenoxy) is 1. The van der Waals surface area contributed by atoms with Gasteiger partial charge in [0, 0.05) is 17.3 Å². The van der Waals surface area contributed by atoms with Gasteiger partial charge in [0.1, 0.15) is 17.3 Å². The van der Waals surface area contributed by atoms with Gasteiger partial charge in [-0.25, -0.2) is 4.39 Å². The van der Waals surface area contributed by atoms with Crippen LogP contribution >= 0.6 is 0 Å². The van der Waals surface area contributed by atoms with Gasteiger partial charge in [-0.1, -0.05) is 36.4 Å². The molecule has 3 aromatic rings. The third-order valence-electron chi connectivity index (χ3n) is 5.40. The number of ketones is 1. The average molecular weight is 431 g/mol. The van der Waals surface area contributed by atoms with Crippen LogP contribution in [-0.2, 0) is 9.59 Å². The van der Waals surface area contributed by atoms with Crippen LogP contribution in [0.4, 0.5) is 10.1 Å². The lowest BCUT2D eigenvalue weighted by Gasteiger charge is -2.25. The molecule has 1 amide bonds. The Hall–Kier alpha value is -3.93. The van der Waals surface area contributed by atoms with Crippen LogP contribution < -0.4 is 9.64 Å². The fourth-order valence-corrected chi connectivity index (χ4v) is 3.89. The number of amides is 1. The van der Waals surface area contributed by atoms with Crippen LogP contribution in [0.2, 0.25) is 0 Å².